The predicted octanol–water partition coefficient (Wildman–Crippen LogP) is 2.71. The maximum Gasteiger partial charge on any atom is 0.160 e. The van der Waals surface area contributed by atoms with Crippen molar-refractivity contribution in [1.82, 2.24) is 29.4 Å². The first-order valence-corrected chi connectivity index (χ1v) is 9.13. The molecule has 4 heterocycles. The first kappa shape index (κ1) is 15.4. The number of likely N-dealkylation sites (tertiary alicyclic amines) is 1. The van der Waals surface area contributed by atoms with Crippen LogP contribution in [0.15, 0.2) is 35.7 Å². The molecule has 0 saturated carbocycles. The third kappa shape index (κ3) is 3.09. The summed E-state index contributed by atoms with van der Waals surface area (Å²) in [5.41, 5.74) is 5.08. The molecule has 0 spiro atoms. The molecular formula is C17H20N6S. The van der Waals surface area contributed by atoms with Crippen molar-refractivity contribution >= 4 is 11.3 Å². The molecule has 1 saturated heterocycles. The second-order valence-electron chi connectivity index (χ2n) is 6.18. The van der Waals surface area contributed by atoms with E-state index in [4.69, 9.17) is 0 Å². The SMILES string of the molecule is Cn1ccnc1-c1nccnc1C1CCN(Cc2cscn2)CC1. The van der Waals surface area contributed by atoms with E-state index in [0.29, 0.717) is 5.92 Å². The molecule has 0 aromatic carbocycles. The zero-order chi connectivity index (χ0) is 16.4. The molecule has 0 atom stereocenters. The average Bonchev–Trinajstić information content (AvgIpc) is 3.27. The van der Waals surface area contributed by atoms with E-state index in [1.54, 1.807) is 23.7 Å². The molecule has 3 aromatic rings. The molecule has 0 N–H and O–H groups in total. The van der Waals surface area contributed by atoms with Crippen molar-refractivity contribution < 1.29 is 0 Å². The van der Waals surface area contributed by atoms with Crippen LogP contribution in [0.2, 0.25) is 0 Å². The highest BCUT2D eigenvalue weighted by Gasteiger charge is 2.26. The summed E-state index contributed by atoms with van der Waals surface area (Å²) in [5, 5.41) is 2.13. The van der Waals surface area contributed by atoms with Crippen molar-refractivity contribution in [2.24, 2.45) is 7.05 Å². The van der Waals surface area contributed by atoms with E-state index in [-0.39, 0.29) is 0 Å². The van der Waals surface area contributed by atoms with Crippen LogP contribution in [0.1, 0.15) is 30.1 Å². The summed E-state index contributed by atoms with van der Waals surface area (Å²) < 4.78 is 2.00. The van der Waals surface area contributed by atoms with Gasteiger partial charge in [-0.25, -0.2) is 15.0 Å². The van der Waals surface area contributed by atoms with Crippen molar-refractivity contribution in [1.29, 1.82) is 0 Å². The molecule has 1 aliphatic rings. The van der Waals surface area contributed by atoms with Gasteiger partial charge in [0.1, 0.15) is 5.69 Å². The smallest absolute Gasteiger partial charge is 0.160 e. The molecule has 0 bridgehead atoms. The van der Waals surface area contributed by atoms with Gasteiger partial charge in [-0.05, 0) is 25.9 Å². The van der Waals surface area contributed by atoms with Gasteiger partial charge >= 0.3 is 0 Å². The van der Waals surface area contributed by atoms with Gasteiger partial charge in [0.15, 0.2) is 5.82 Å². The highest BCUT2D eigenvalue weighted by Crippen LogP contribution is 2.32. The van der Waals surface area contributed by atoms with Crippen LogP contribution in [0.3, 0.4) is 0 Å². The molecule has 0 aliphatic carbocycles. The van der Waals surface area contributed by atoms with Gasteiger partial charge in [-0.3, -0.25) is 9.88 Å². The molecule has 1 fully saturated rings. The topological polar surface area (TPSA) is 59.7 Å². The van der Waals surface area contributed by atoms with E-state index in [1.165, 1.54) is 5.69 Å². The van der Waals surface area contributed by atoms with Crippen molar-refractivity contribution in [2.75, 3.05) is 13.1 Å². The van der Waals surface area contributed by atoms with Crippen LogP contribution in [-0.4, -0.2) is 42.5 Å². The minimum absolute atomic E-state index is 0.442. The van der Waals surface area contributed by atoms with Crippen LogP contribution in [0, 0.1) is 0 Å². The zero-order valence-corrected chi connectivity index (χ0v) is 14.5. The molecule has 4 rings (SSSR count). The second-order valence-corrected chi connectivity index (χ2v) is 6.90. The lowest BCUT2D eigenvalue weighted by Gasteiger charge is -2.31. The summed E-state index contributed by atoms with van der Waals surface area (Å²) in [4.78, 5) is 20.5. The second kappa shape index (κ2) is 6.78. The molecule has 0 radical (unpaired) electrons. The molecule has 0 amide bonds. The molecule has 3 aromatic heterocycles. The lowest BCUT2D eigenvalue weighted by molar-refractivity contribution is 0.201. The Morgan fingerprint density at radius 3 is 2.62 bits per heavy atom. The van der Waals surface area contributed by atoms with Crippen LogP contribution >= 0.6 is 11.3 Å². The van der Waals surface area contributed by atoms with E-state index in [2.05, 4.69) is 30.2 Å². The quantitative estimate of drug-likeness (QED) is 0.731. The van der Waals surface area contributed by atoms with E-state index >= 15 is 0 Å². The number of imidazole rings is 1. The Morgan fingerprint density at radius 1 is 1.08 bits per heavy atom. The monoisotopic (exact) mass is 340 g/mol. The van der Waals surface area contributed by atoms with Crippen LogP contribution in [0.25, 0.3) is 11.5 Å². The van der Waals surface area contributed by atoms with Gasteiger partial charge < -0.3 is 4.57 Å². The molecule has 24 heavy (non-hydrogen) atoms. The van der Waals surface area contributed by atoms with Crippen LogP contribution in [0.4, 0.5) is 0 Å². The summed E-state index contributed by atoms with van der Waals surface area (Å²) in [6.07, 6.45) is 9.50. The third-order valence-electron chi connectivity index (χ3n) is 4.60. The summed E-state index contributed by atoms with van der Waals surface area (Å²) in [7, 11) is 2.00. The predicted molar refractivity (Wildman–Crippen MR) is 93.6 cm³/mol. The van der Waals surface area contributed by atoms with Gasteiger partial charge in [-0.15, -0.1) is 11.3 Å². The van der Waals surface area contributed by atoms with E-state index in [9.17, 15) is 0 Å². The largest absolute Gasteiger partial charge is 0.333 e. The molecule has 124 valence electrons. The van der Waals surface area contributed by atoms with Gasteiger partial charge in [0.05, 0.1) is 16.9 Å². The summed E-state index contributed by atoms with van der Waals surface area (Å²) in [6.45, 7) is 3.08. The molecule has 6 nitrogen and oxygen atoms in total. The number of nitrogens with zero attached hydrogens (tertiary/aromatic N) is 6. The molecule has 1 aliphatic heterocycles. The highest BCUT2D eigenvalue weighted by molar-refractivity contribution is 7.07. The minimum Gasteiger partial charge on any atom is -0.333 e. The van der Waals surface area contributed by atoms with Gasteiger partial charge in [-0.2, -0.15) is 0 Å². The molecular weight excluding hydrogens is 320 g/mol. The number of piperidine rings is 1. The maximum absolute atomic E-state index is 4.66. The maximum atomic E-state index is 4.66. The standard InChI is InChI=1S/C17H20N6S/c1-22-9-6-20-17(22)16-15(18-4-5-19-16)13-2-7-23(8-3-13)10-14-11-24-12-21-14/h4-6,9,11-13H,2-3,7-8,10H2,1H3. The Morgan fingerprint density at radius 2 is 1.92 bits per heavy atom. The van der Waals surface area contributed by atoms with E-state index in [0.717, 1.165) is 49.7 Å². The fourth-order valence-electron chi connectivity index (χ4n) is 3.32. The van der Waals surface area contributed by atoms with Crippen molar-refractivity contribution in [3.05, 3.63) is 47.1 Å². The number of aryl methyl sites for hydroxylation is 1. The lowest BCUT2D eigenvalue weighted by atomic mass is 9.91. The Balaban J connectivity index is 1.49. The Labute approximate surface area is 145 Å². The summed E-state index contributed by atoms with van der Waals surface area (Å²) in [6, 6.07) is 0. The Kier molecular flexibility index (Phi) is 4.36. The average molecular weight is 340 g/mol. The number of hydrogen-bond donors (Lipinski definition) is 0. The fraction of sp³-hybridized carbons (Fsp3) is 0.412. The van der Waals surface area contributed by atoms with E-state index in [1.807, 2.05) is 29.5 Å². The summed E-state index contributed by atoms with van der Waals surface area (Å²) >= 11 is 1.66. The zero-order valence-electron chi connectivity index (χ0n) is 13.7. The number of rotatable bonds is 4. The van der Waals surface area contributed by atoms with Gasteiger partial charge in [0.25, 0.3) is 0 Å². The Hall–Kier alpha value is -2.12. The first-order chi connectivity index (χ1) is 11.8. The van der Waals surface area contributed by atoms with Crippen LogP contribution < -0.4 is 0 Å². The fourth-order valence-corrected chi connectivity index (χ4v) is 3.87. The minimum atomic E-state index is 0.442. The number of aromatic nitrogens is 5. The molecule has 0 unspecified atom stereocenters. The van der Waals surface area contributed by atoms with E-state index < -0.39 is 0 Å². The lowest BCUT2D eigenvalue weighted by Crippen LogP contribution is -2.33. The first-order valence-electron chi connectivity index (χ1n) is 8.19. The third-order valence-corrected chi connectivity index (χ3v) is 5.24. The highest BCUT2D eigenvalue weighted by atomic mass is 32.1. The van der Waals surface area contributed by atoms with Crippen LogP contribution in [-0.2, 0) is 13.6 Å². The van der Waals surface area contributed by atoms with Gasteiger partial charge in [-0.1, -0.05) is 0 Å². The number of thiazole rings is 1. The van der Waals surface area contributed by atoms with Gasteiger partial charge in [0, 0.05) is 49.7 Å². The normalized spacial score (nSPS) is 16.5. The van der Waals surface area contributed by atoms with Crippen molar-refractivity contribution in [3.8, 4) is 11.5 Å². The molecule has 7 heteroatoms. The number of hydrogen-bond acceptors (Lipinski definition) is 6. The van der Waals surface area contributed by atoms with Crippen LogP contribution in [0.5, 0.6) is 0 Å². The van der Waals surface area contributed by atoms with Crippen molar-refractivity contribution in [2.45, 2.75) is 25.3 Å². The van der Waals surface area contributed by atoms with Gasteiger partial charge in [0.2, 0.25) is 0 Å². The summed E-state index contributed by atoms with van der Waals surface area (Å²) in [5.74, 6) is 1.33. The Bertz CT molecular complexity index is 789. The van der Waals surface area contributed by atoms with Crippen molar-refractivity contribution in [3.63, 3.8) is 0 Å².